The average Bonchev–Trinajstić information content (AvgIpc) is 3.34. The molecule has 0 amide bonds. The van der Waals surface area contributed by atoms with E-state index in [1.807, 2.05) is 36.5 Å². The van der Waals surface area contributed by atoms with Crippen LogP contribution in [0.2, 0.25) is 0 Å². The number of hydrogen-bond acceptors (Lipinski definition) is 7. The summed E-state index contributed by atoms with van der Waals surface area (Å²) in [5.41, 5.74) is 2.33. The van der Waals surface area contributed by atoms with Crippen LogP contribution in [-0.2, 0) is 11.2 Å². The van der Waals surface area contributed by atoms with Gasteiger partial charge >= 0.3 is 5.97 Å². The zero-order valence-corrected chi connectivity index (χ0v) is 14.7. The van der Waals surface area contributed by atoms with E-state index in [-0.39, 0.29) is 6.79 Å². The molecule has 3 heterocycles. The summed E-state index contributed by atoms with van der Waals surface area (Å²) in [6.07, 6.45) is 5.13. The minimum atomic E-state index is -0.403. The molecule has 0 saturated carbocycles. The van der Waals surface area contributed by atoms with Crippen LogP contribution in [0.4, 0.5) is 0 Å². The number of hydrogen-bond donors (Lipinski definition) is 0. The van der Waals surface area contributed by atoms with E-state index in [0.29, 0.717) is 18.1 Å². The van der Waals surface area contributed by atoms with Crippen LogP contribution in [0.1, 0.15) is 22.5 Å². The minimum absolute atomic E-state index is 0.229. The number of thiazole rings is 1. The van der Waals surface area contributed by atoms with Crippen molar-refractivity contribution in [1.29, 1.82) is 0 Å². The van der Waals surface area contributed by atoms with Crippen molar-refractivity contribution in [2.75, 3.05) is 13.4 Å². The molecule has 0 bridgehead atoms. The summed E-state index contributed by atoms with van der Waals surface area (Å²) >= 11 is 1.40. The fraction of sp³-hybridized carbons (Fsp3) is 0.211. The van der Waals surface area contributed by atoms with Crippen molar-refractivity contribution in [1.82, 2.24) is 9.97 Å². The number of ether oxygens (including phenoxy) is 3. The van der Waals surface area contributed by atoms with Crippen LogP contribution in [0, 0.1) is 0 Å². The summed E-state index contributed by atoms with van der Waals surface area (Å²) in [6.45, 7) is 0.581. The second kappa shape index (κ2) is 7.53. The highest BCUT2D eigenvalue weighted by Gasteiger charge is 2.17. The van der Waals surface area contributed by atoms with Gasteiger partial charge in [-0.15, -0.1) is 11.3 Å². The molecule has 7 heteroatoms. The van der Waals surface area contributed by atoms with E-state index in [9.17, 15) is 4.79 Å². The molecule has 0 atom stereocenters. The molecule has 0 spiro atoms. The molecule has 4 rings (SSSR count). The summed E-state index contributed by atoms with van der Waals surface area (Å²) in [5.74, 6) is 1.01. The maximum atomic E-state index is 12.2. The molecule has 0 N–H and O–H groups in total. The number of nitrogens with zero attached hydrogens (tertiary/aromatic N) is 2. The van der Waals surface area contributed by atoms with Gasteiger partial charge in [0.15, 0.2) is 17.2 Å². The van der Waals surface area contributed by atoms with Crippen molar-refractivity contribution in [2.45, 2.75) is 12.8 Å². The van der Waals surface area contributed by atoms with E-state index >= 15 is 0 Å². The second-order valence-corrected chi connectivity index (χ2v) is 6.56. The molecule has 3 aromatic rings. The zero-order chi connectivity index (χ0) is 17.8. The smallest absolute Gasteiger partial charge is 0.357 e. The number of fused-ring (bicyclic) bond motifs is 1. The maximum absolute atomic E-state index is 12.2. The molecule has 132 valence electrons. The molecule has 0 unspecified atom stereocenters. The van der Waals surface area contributed by atoms with Crippen LogP contribution in [-0.4, -0.2) is 29.3 Å². The summed E-state index contributed by atoms with van der Waals surface area (Å²) < 4.78 is 16.0. The highest BCUT2D eigenvalue weighted by Crippen LogP contribution is 2.36. The van der Waals surface area contributed by atoms with Crippen molar-refractivity contribution in [3.63, 3.8) is 0 Å². The SMILES string of the molecule is O=C(OCCCc1cccnc1)c1csc(-c2ccc3c(c2)OCO3)n1. The van der Waals surface area contributed by atoms with Gasteiger partial charge in [0, 0.05) is 23.3 Å². The largest absolute Gasteiger partial charge is 0.461 e. The molecule has 2 aromatic heterocycles. The molecular formula is C19H16N2O4S. The van der Waals surface area contributed by atoms with Crippen molar-refractivity contribution >= 4 is 17.3 Å². The predicted octanol–water partition coefficient (Wildman–Crippen LogP) is 3.72. The molecule has 0 aliphatic carbocycles. The Labute approximate surface area is 154 Å². The number of benzene rings is 1. The van der Waals surface area contributed by atoms with Gasteiger partial charge in [-0.25, -0.2) is 9.78 Å². The Morgan fingerprint density at radius 2 is 2.15 bits per heavy atom. The number of esters is 1. The number of carbonyl (C=O) groups is 1. The summed E-state index contributed by atoms with van der Waals surface area (Å²) in [7, 11) is 0. The first-order valence-electron chi connectivity index (χ1n) is 8.21. The van der Waals surface area contributed by atoms with E-state index in [4.69, 9.17) is 14.2 Å². The quantitative estimate of drug-likeness (QED) is 0.488. The second-order valence-electron chi connectivity index (χ2n) is 5.71. The fourth-order valence-electron chi connectivity index (χ4n) is 2.59. The van der Waals surface area contributed by atoms with Gasteiger partial charge in [0.1, 0.15) is 5.01 Å². The maximum Gasteiger partial charge on any atom is 0.357 e. The zero-order valence-electron chi connectivity index (χ0n) is 13.9. The Morgan fingerprint density at radius 3 is 3.04 bits per heavy atom. The Kier molecular flexibility index (Phi) is 4.79. The van der Waals surface area contributed by atoms with E-state index in [2.05, 4.69) is 9.97 Å². The lowest BCUT2D eigenvalue weighted by atomic mass is 10.2. The van der Waals surface area contributed by atoms with Crippen LogP contribution >= 0.6 is 11.3 Å². The monoisotopic (exact) mass is 368 g/mol. The Balaban J connectivity index is 1.33. The number of aryl methyl sites for hydroxylation is 1. The Hall–Kier alpha value is -2.93. The van der Waals surface area contributed by atoms with Gasteiger partial charge in [-0.2, -0.15) is 0 Å². The highest BCUT2D eigenvalue weighted by atomic mass is 32.1. The normalized spacial score (nSPS) is 12.2. The predicted molar refractivity (Wildman–Crippen MR) is 96.5 cm³/mol. The summed E-state index contributed by atoms with van der Waals surface area (Å²) in [4.78, 5) is 20.6. The van der Waals surface area contributed by atoms with E-state index < -0.39 is 5.97 Å². The summed E-state index contributed by atoms with van der Waals surface area (Å²) in [6, 6.07) is 9.51. The van der Waals surface area contributed by atoms with Crippen molar-refractivity contribution in [2.24, 2.45) is 0 Å². The van der Waals surface area contributed by atoms with E-state index in [0.717, 1.165) is 34.7 Å². The van der Waals surface area contributed by atoms with Crippen LogP contribution < -0.4 is 9.47 Å². The molecule has 6 nitrogen and oxygen atoms in total. The fourth-order valence-corrected chi connectivity index (χ4v) is 3.38. The van der Waals surface area contributed by atoms with Gasteiger partial charge in [-0.3, -0.25) is 4.98 Å². The highest BCUT2D eigenvalue weighted by molar-refractivity contribution is 7.13. The third-order valence-electron chi connectivity index (χ3n) is 3.90. The molecule has 0 radical (unpaired) electrons. The van der Waals surface area contributed by atoms with Crippen LogP contribution in [0.3, 0.4) is 0 Å². The third kappa shape index (κ3) is 3.67. The molecular weight excluding hydrogens is 352 g/mol. The minimum Gasteiger partial charge on any atom is -0.461 e. The van der Waals surface area contributed by atoms with Gasteiger partial charge in [-0.1, -0.05) is 6.07 Å². The summed E-state index contributed by atoms with van der Waals surface area (Å²) in [5, 5.41) is 2.45. The molecule has 1 aromatic carbocycles. The first kappa shape index (κ1) is 16.5. The van der Waals surface area contributed by atoms with E-state index in [1.54, 1.807) is 11.6 Å². The first-order valence-corrected chi connectivity index (χ1v) is 9.09. The van der Waals surface area contributed by atoms with E-state index in [1.165, 1.54) is 11.3 Å². The molecule has 0 saturated heterocycles. The van der Waals surface area contributed by atoms with Crippen molar-refractivity contribution in [3.8, 4) is 22.1 Å². The standard InChI is InChI=1S/C19H16N2O4S/c22-19(23-8-2-4-13-3-1-7-20-10-13)15-11-26-18(21-15)14-5-6-16-17(9-14)25-12-24-16/h1,3,5-7,9-11H,2,4,8,12H2. The average molecular weight is 368 g/mol. The van der Waals surface area contributed by atoms with Crippen molar-refractivity contribution in [3.05, 3.63) is 59.4 Å². The molecule has 1 aliphatic heterocycles. The lowest BCUT2D eigenvalue weighted by Gasteiger charge is -2.03. The Morgan fingerprint density at radius 1 is 1.23 bits per heavy atom. The Bertz CT molecular complexity index is 911. The van der Waals surface area contributed by atoms with Crippen LogP contribution in [0.5, 0.6) is 11.5 Å². The molecule has 0 fully saturated rings. The number of aromatic nitrogens is 2. The van der Waals surface area contributed by atoms with Gasteiger partial charge < -0.3 is 14.2 Å². The van der Waals surface area contributed by atoms with Gasteiger partial charge in [0.05, 0.1) is 6.61 Å². The number of carbonyl (C=O) groups excluding carboxylic acids is 1. The lowest BCUT2D eigenvalue weighted by Crippen LogP contribution is -2.07. The van der Waals surface area contributed by atoms with Crippen LogP contribution in [0.25, 0.3) is 10.6 Å². The van der Waals surface area contributed by atoms with Gasteiger partial charge in [0.25, 0.3) is 0 Å². The van der Waals surface area contributed by atoms with Gasteiger partial charge in [0.2, 0.25) is 6.79 Å². The van der Waals surface area contributed by atoms with Gasteiger partial charge in [-0.05, 0) is 42.7 Å². The number of pyridine rings is 1. The topological polar surface area (TPSA) is 70.5 Å². The third-order valence-corrected chi connectivity index (χ3v) is 4.79. The lowest BCUT2D eigenvalue weighted by molar-refractivity contribution is 0.0494. The number of rotatable bonds is 6. The van der Waals surface area contributed by atoms with Crippen LogP contribution in [0.15, 0.2) is 48.1 Å². The molecule has 26 heavy (non-hydrogen) atoms. The van der Waals surface area contributed by atoms with Crippen molar-refractivity contribution < 1.29 is 19.0 Å². The molecule has 1 aliphatic rings. The first-order chi connectivity index (χ1) is 12.8.